The maximum atomic E-state index is 12.0. The largest absolute Gasteiger partial charge is 0.375 e. The van der Waals surface area contributed by atoms with Gasteiger partial charge >= 0.3 is 8.69 Å². The first-order valence-electron chi connectivity index (χ1n) is 2.38. The fraction of sp³-hybridized carbons (Fsp3) is 1.00. The number of halogens is 1. The van der Waals surface area contributed by atoms with E-state index in [1.165, 1.54) is 0 Å². The molecule has 0 radical (unpaired) electrons. The lowest BCUT2D eigenvalue weighted by Gasteiger charge is -2.10. The second kappa shape index (κ2) is 1.90. The van der Waals surface area contributed by atoms with E-state index in [9.17, 15) is 4.20 Å². The standard InChI is InChI=1S/C4H8FO2P/c1-4(2)3-6-8(5)7-4/h3H2,1-2H3. The summed E-state index contributed by atoms with van der Waals surface area (Å²) in [5.74, 6) is 0. The molecule has 0 amide bonds. The van der Waals surface area contributed by atoms with Crippen molar-refractivity contribution in [2.45, 2.75) is 19.4 Å². The monoisotopic (exact) mass is 138 g/mol. The minimum absolute atomic E-state index is 0.370. The zero-order valence-corrected chi connectivity index (χ0v) is 5.74. The summed E-state index contributed by atoms with van der Waals surface area (Å²) in [6.07, 6.45) is 0. The highest BCUT2D eigenvalue weighted by atomic mass is 31.2. The van der Waals surface area contributed by atoms with E-state index >= 15 is 0 Å². The van der Waals surface area contributed by atoms with Crippen LogP contribution in [0.3, 0.4) is 0 Å². The molecule has 48 valence electrons. The lowest BCUT2D eigenvalue weighted by Crippen LogP contribution is -2.20. The third-order valence-electron chi connectivity index (χ3n) is 0.833. The summed E-state index contributed by atoms with van der Waals surface area (Å²) in [6, 6.07) is 0. The molecule has 0 aromatic carbocycles. The van der Waals surface area contributed by atoms with E-state index in [0.29, 0.717) is 6.61 Å². The fourth-order valence-electron chi connectivity index (χ4n) is 0.453. The van der Waals surface area contributed by atoms with Crippen LogP contribution in [-0.4, -0.2) is 12.2 Å². The van der Waals surface area contributed by atoms with Gasteiger partial charge in [0.2, 0.25) is 0 Å². The van der Waals surface area contributed by atoms with Crippen molar-refractivity contribution in [3.8, 4) is 0 Å². The molecule has 8 heavy (non-hydrogen) atoms. The van der Waals surface area contributed by atoms with E-state index in [2.05, 4.69) is 4.52 Å². The van der Waals surface area contributed by atoms with Crippen molar-refractivity contribution in [1.29, 1.82) is 0 Å². The summed E-state index contributed by atoms with van der Waals surface area (Å²) in [4.78, 5) is 0. The van der Waals surface area contributed by atoms with Crippen LogP contribution in [0.25, 0.3) is 0 Å². The van der Waals surface area contributed by atoms with Gasteiger partial charge in [-0.25, -0.2) is 0 Å². The average Bonchev–Trinajstić information content (AvgIpc) is 1.82. The summed E-state index contributed by atoms with van der Waals surface area (Å²) in [5.41, 5.74) is -0.402. The third kappa shape index (κ3) is 1.38. The van der Waals surface area contributed by atoms with Gasteiger partial charge in [-0.3, -0.25) is 0 Å². The summed E-state index contributed by atoms with van der Waals surface area (Å²) < 4.78 is 21.3. The van der Waals surface area contributed by atoms with Gasteiger partial charge < -0.3 is 9.05 Å². The second-order valence-electron chi connectivity index (χ2n) is 2.34. The van der Waals surface area contributed by atoms with Crippen LogP contribution in [0, 0.1) is 0 Å². The zero-order chi connectivity index (χ0) is 6.20. The molecule has 1 heterocycles. The molecule has 1 aliphatic heterocycles. The van der Waals surface area contributed by atoms with Crippen LogP contribution in [0.15, 0.2) is 0 Å². The quantitative estimate of drug-likeness (QED) is 0.476. The first-order valence-corrected chi connectivity index (χ1v) is 3.45. The van der Waals surface area contributed by atoms with Gasteiger partial charge in [0.05, 0.1) is 12.2 Å². The molecule has 0 spiro atoms. The SMILES string of the molecule is CC1(C)COP(F)O1. The second-order valence-corrected chi connectivity index (χ2v) is 3.20. The Morgan fingerprint density at radius 1 is 1.62 bits per heavy atom. The van der Waals surface area contributed by atoms with Gasteiger partial charge in [-0.2, -0.15) is 4.20 Å². The van der Waals surface area contributed by atoms with Crippen LogP contribution in [0.4, 0.5) is 4.20 Å². The van der Waals surface area contributed by atoms with Crippen LogP contribution >= 0.6 is 8.69 Å². The summed E-state index contributed by atoms with van der Waals surface area (Å²) in [6.45, 7) is 3.97. The van der Waals surface area contributed by atoms with Crippen molar-refractivity contribution < 1.29 is 13.2 Å². The minimum Gasteiger partial charge on any atom is -0.306 e. The van der Waals surface area contributed by atoms with Gasteiger partial charge in [0.1, 0.15) is 0 Å². The fourth-order valence-corrected chi connectivity index (χ4v) is 1.36. The first-order chi connectivity index (χ1) is 3.60. The molecule has 1 atom stereocenters. The number of rotatable bonds is 0. The van der Waals surface area contributed by atoms with E-state index in [-0.39, 0.29) is 0 Å². The summed E-state index contributed by atoms with van der Waals surface area (Å²) >= 11 is 0. The van der Waals surface area contributed by atoms with E-state index in [1.54, 1.807) is 13.8 Å². The molecule has 4 heteroatoms. The van der Waals surface area contributed by atoms with Gasteiger partial charge in [0.25, 0.3) is 0 Å². The number of hydrogen-bond acceptors (Lipinski definition) is 2. The summed E-state index contributed by atoms with van der Waals surface area (Å²) in [5, 5.41) is 0. The van der Waals surface area contributed by atoms with Gasteiger partial charge in [-0.15, -0.1) is 0 Å². The molecule has 0 bridgehead atoms. The van der Waals surface area contributed by atoms with E-state index < -0.39 is 14.3 Å². The van der Waals surface area contributed by atoms with Gasteiger partial charge in [0, 0.05) is 0 Å². The normalized spacial score (nSPS) is 35.6. The maximum Gasteiger partial charge on any atom is 0.375 e. The average molecular weight is 138 g/mol. The molecule has 1 saturated heterocycles. The lowest BCUT2D eigenvalue weighted by molar-refractivity contribution is 0.139. The van der Waals surface area contributed by atoms with Crippen LogP contribution in [0.1, 0.15) is 13.8 Å². The first kappa shape index (κ1) is 6.40. The molecule has 1 fully saturated rings. The van der Waals surface area contributed by atoms with E-state index in [0.717, 1.165) is 0 Å². The van der Waals surface area contributed by atoms with Crippen molar-refractivity contribution in [3.05, 3.63) is 0 Å². The highest BCUT2D eigenvalue weighted by molar-refractivity contribution is 7.41. The minimum atomic E-state index is -2.05. The predicted molar refractivity (Wildman–Crippen MR) is 29.1 cm³/mol. The Labute approximate surface area is 49.0 Å². The molecule has 0 aromatic heterocycles. The van der Waals surface area contributed by atoms with Crippen molar-refractivity contribution in [1.82, 2.24) is 0 Å². The smallest absolute Gasteiger partial charge is 0.306 e. The van der Waals surface area contributed by atoms with Crippen LogP contribution in [0.2, 0.25) is 0 Å². The molecule has 1 unspecified atom stereocenters. The predicted octanol–water partition coefficient (Wildman–Crippen LogP) is 2.01. The Morgan fingerprint density at radius 3 is 2.38 bits per heavy atom. The van der Waals surface area contributed by atoms with Gasteiger partial charge in [-0.1, -0.05) is 0 Å². The van der Waals surface area contributed by atoms with Gasteiger partial charge in [0.15, 0.2) is 0 Å². The van der Waals surface area contributed by atoms with Crippen LogP contribution in [-0.2, 0) is 9.05 Å². The molecule has 1 aliphatic rings. The topological polar surface area (TPSA) is 18.5 Å². The van der Waals surface area contributed by atoms with E-state index in [4.69, 9.17) is 4.52 Å². The Kier molecular flexibility index (Phi) is 1.52. The molecular formula is C4H8FO2P. The molecular weight excluding hydrogens is 130 g/mol. The van der Waals surface area contributed by atoms with E-state index in [1.807, 2.05) is 0 Å². The van der Waals surface area contributed by atoms with Crippen LogP contribution in [0.5, 0.6) is 0 Å². The van der Waals surface area contributed by atoms with Crippen molar-refractivity contribution in [2.75, 3.05) is 6.61 Å². The molecule has 0 saturated carbocycles. The summed E-state index contributed by atoms with van der Waals surface area (Å²) in [7, 11) is -2.05. The highest BCUT2D eigenvalue weighted by Gasteiger charge is 2.33. The third-order valence-corrected chi connectivity index (χ3v) is 1.80. The highest BCUT2D eigenvalue weighted by Crippen LogP contribution is 2.50. The Morgan fingerprint density at radius 2 is 2.25 bits per heavy atom. The van der Waals surface area contributed by atoms with Crippen molar-refractivity contribution in [2.24, 2.45) is 0 Å². The zero-order valence-electron chi connectivity index (χ0n) is 4.85. The van der Waals surface area contributed by atoms with Crippen molar-refractivity contribution >= 4 is 8.69 Å². The molecule has 1 rings (SSSR count). The Bertz CT molecular complexity index is 96.0. The molecule has 0 aromatic rings. The van der Waals surface area contributed by atoms with Crippen LogP contribution < -0.4 is 0 Å². The maximum absolute atomic E-state index is 12.0. The molecule has 2 nitrogen and oxygen atoms in total. The van der Waals surface area contributed by atoms with Crippen molar-refractivity contribution in [3.63, 3.8) is 0 Å². The Hall–Kier alpha value is 0.280. The number of hydrogen-bond donors (Lipinski definition) is 0. The molecule has 0 N–H and O–H groups in total. The lowest BCUT2D eigenvalue weighted by atomic mass is 10.2. The van der Waals surface area contributed by atoms with Gasteiger partial charge in [-0.05, 0) is 13.8 Å². The Balaban J connectivity index is 2.44. The molecule has 0 aliphatic carbocycles.